The second kappa shape index (κ2) is 6.33. The van der Waals surface area contributed by atoms with E-state index in [-0.39, 0.29) is 5.91 Å². The van der Waals surface area contributed by atoms with Crippen LogP contribution in [0, 0.1) is 6.92 Å². The lowest BCUT2D eigenvalue weighted by Crippen LogP contribution is -2.25. The maximum atomic E-state index is 12.0. The molecule has 0 saturated carbocycles. The molecule has 1 amide bonds. The standard InChI is InChI=1S/C15H22N2OS/c1-11-4-5-12(15(18)17(2)3)10-14(11)16-13-6-8-19-9-7-13/h4-5,10,13,16H,6-9H2,1-3H3. The summed E-state index contributed by atoms with van der Waals surface area (Å²) in [6.07, 6.45) is 2.41. The number of nitrogens with zero attached hydrogens (tertiary/aromatic N) is 1. The smallest absolute Gasteiger partial charge is 0.253 e. The Morgan fingerprint density at radius 3 is 2.63 bits per heavy atom. The minimum atomic E-state index is 0.0576. The van der Waals surface area contributed by atoms with Gasteiger partial charge in [0.2, 0.25) is 0 Å². The Labute approximate surface area is 119 Å². The van der Waals surface area contributed by atoms with Gasteiger partial charge >= 0.3 is 0 Å². The molecule has 1 N–H and O–H groups in total. The molecule has 0 bridgehead atoms. The van der Waals surface area contributed by atoms with E-state index >= 15 is 0 Å². The van der Waals surface area contributed by atoms with Crippen LogP contribution in [-0.2, 0) is 0 Å². The van der Waals surface area contributed by atoms with E-state index in [2.05, 4.69) is 12.2 Å². The van der Waals surface area contributed by atoms with E-state index in [0.29, 0.717) is 6.04 Å². The predicted octanol–water partition coefficient (Wildman–Crippen LogP) is 3.00. The van der Waals surface area contributed by atoms with Gasteiger partial charge in [-0.25, -0.2) is 0 Å². The van der Waals surface area contributed by atoms with E-state index < -0.39 is 0 Å². The number of hydrogen-bond donors (Lipinski definition) is 1. The molecule has 0 unspecified atom stereocenters. The Morgan fingerprint density at radius 1 is 1.32 bits per heavy atom. The van der Waals surface area contributed by atoms with E-state index in [4.69, 9.17) is 0 Å². The summed E-state index contributed by atoms with van der Waals surface area (Å²) in [5, 5.41) is 3.60. The number of amides is 1. The van der Waals surface area contributed by atoms with Crippen LogP contribution in [0.1, 0.15) is 28.8 Å². The molecule has 104 valence electrons. The fourth-order valence-electron chi connectivity index (χ4n) is 2.23. The topological polar surface area (TPSA) is 32.3 Å². The molecular formula is C15H22N2OS. The van der Waals surface area contributed by atoms with Crippen molar-refractivity contribution in [2.24, 2.45) is 0 Å². The summed E-state index contributed by atoms with van der Waals surface area (Å²) >= 11 is 2.02. The summed E-state index contributed by atoms with van der Waals surface area (Å²) in [5.74, 6) is 2.52. The molecule has 0 spiro atoms. The Morgan fingerprint density at radius 2 is 2.00 bits per heavy atom. The molecule has 0 radical (unpaired) electrons. The highest BCUT2D eigenvalue weighted by atomic mass is 32.2. The van der Waals surface area contributed by atoms with Crippen molar-refractivity contribution in [2.45, 2.75) is 25.8 Å². The van der Waals surface area contributed by atoms with Crippen molar-refractivity contribution >= 4 is 23.4 Å². The maximum Gasteiger partial charge on any atom is 0.253 e. The largest absolute Gasteiger partial charge is 0.382 e. The lowest BCUT2D eigenvalue weighted by Gasteiger charge is -2.25. The van der Waals surface area contributed by atoms with Crippen LogP contribution in [0.4, 0.5) is 5.69 Å². The van der Waals surface area contributed by atoms with Gasteiger partial charge in [-0.1, -0.05) is 6.07 Å². The molecule has 1 aromatic rings. The van der Waals surface area contributed by atoms with Crippen molar-refractivity contribution in [2.75, 3.05) is 30.9 Å². The first-order valence-corrected chi connectivity index (χ1v) is 7.90. The molecule has 1 aliphatic rings. The van der Waals surface area contributed by atoms with E-state index in [1.165, 1.54) is 29.9 Å². The number of carbonyl (C=O) groups excluding carboxylic acids is 1. The van der Waals surface area contributed by atoms with Crippen molar-refractivity contribution in [1.29, 1.82) is 0 Å². The van der Waals surface area contributed by atoms with Gasteiger partial charge in [-0.3, -0.25) is 4.79 Å². The van der Waals surface area contributed by atoms with Crippen LogP contribution in [-0.4, -0.2) is 42.4 Å². The zero-order valence-corrected chi connectivity index (χ0v) is 12.7. The average molecular weight is 278 g/mol. The van der Waals surface area contributed by atoms with Crippen LogP contribution in [0.15, 0.2) is 18.2 Å². The van der Waals surface area contributed by atoms with E-state index in [1.807, 2.05) is 30.0 Å². The van der Waals surface area contributed by atoms with Gasteiger partial charge < -0.3 is 10.2 Å². The summed E-state index contributed by atoms with van der Waals surface area (Å²) in [6, 6.07) is 6.46. The van der Waals surface area contributed by atoms with Crippen LogP contribution >= 0.6 is 11.8 Å². The van der Waals surface area contributed by atoms with E-state index in [9.17, 15) is 4.79 Å². The lowest BCUT2D eigenvalue weighted by molar-refractivity contribution is 0.0827. The summed E-state index contributed by atoms with van der Waals surface area (Å²) in [4.78, 5) is 13.6. The number of carbonyl (C=O) groups is 1. The van der Waals surface area contributed by atoms with Gasteiger partial charge in [-0.2, -0.15) is 11.8 Å². The molecule has 1 fully saturated rings. The van der Waals surface area contributed by atoms with Crippen LogP contribution < -0.4 is 5.32 Å². The molecule has 4 heteroatoms. The molecule has 1 aliphatic heterocycles. The zero-order chi connectivity index (χ0) is 13.8. The summed E-state index contributed by atoms with van der Waals surface area (Å²) in [6.45, 7) is 2.09. The molecule has 2 rings (SSSR count). The van der Waals surface area contributed by atoms with Gasteiger partial charge in [0, 0.05) is 31.4 Å². The van der Waals surface area contributed by atoms with E-state index in [1.54, 1.807) is 19.0 Å². The molecule has 0 atom stereocenters. The van der Waals surface area contributed by atoms with Gasteiger partial charge in [-0.15, -0.1) is 0 Å². The van der Waals surface area contributed by atoms with Crippen LogP contribution in [0.25, 0.3) is 0 Å². The van der Waals surface area contributed by atoms with Gasteiger partial charge in [0.25, 0.3) is 5.91 Å². The van der Waals surface area contributed by atoms with Gasteiger partial charge in [0.15, 0.2) is 0 Å². The van der Waals surface area contributed by atoms with Crippen molar-refractivity contribution < 1.29 is 4.79 Å². The third-order valence-electron chi connectivity index (χ3n) is 3.47. The molecule has 0 aliphatic carbocycles. The highest BCUT2D eigenvalue weighted by Crippen LogP contribution is 2.24. The lowest BCUT2D eigenvalue weighted by atomic mass is 10.1. The normalized spacial score (nSPS) is 16.2. The summed E-state index contributed by atoms with van der Waals surface area (Å²) in [7, 11) is 3.57. The fraction of sp³-hybridized carbons (Fsp3) is 0.533. The first kappa shape index (κ1) is 14.3. The molecule has 19 heavy (non-hydrogen) atoms. The zero-order valence-electron chi connectivity index (χ0n) is 11.9. The van der Waals surface area contributed by atoms with Gasteiger partial charge in [-0.05, 0) is 49.0 Å². The number of benzene rings is 1. The second-order valence-electron chi connectivity index (χ2n) is 5.26. The molecule has 3 nitrogen and oxygen atoms in total. The predicted molar refractivity (Wildman–Crippen MR) is 83.2 cm³/mol. The first-order valence-electron chi connectivity index (χ1n) is 6.74. The minimum Gasteiger partial charge on any atom is -0.382 e. The molecular weight excluding hydrogens is 256 g/mol. The van der Waals surface area contributed by atoms with Crippen LogP contribution in [0.3, 0.4) is 0 Å². The number of aryl methyl sites for hydroxylation is 1. The van der Waals surface area contributed by atoms with Crippen molar-refractivity contribution in [1.82, 2.24) is 4.90 Å². The van der Waals surface area contributed by atoms with Crippen LogP contribution in [0.5, 0.6) is 0 Å². The van der Waals surface area contributed by atoms with Gasteiger partial charge in [0.1, 0.15) is 0 Å². The third kappa shape index (κ3) is 3.66. The fourth-order valence-corrected chi connectivity index (χ4v) is 3.34. The number of thioether (sulfide) groups is 1. The van der Waals surface area contributed by atoms with Gasteiger partial charge in [0.05, 0.1) is 0 Å². The van der Waals surface area contributed by atoms with Crippen molar-refractivity contribution in [3.8, 4) is 0 Å². The molecule has 0 aromatic heterocycles. The summed E-state index contributed by atoms with van der Waals surface area (Å²) in [5.41, 5.74) is 3.06. The second-order valence-corrected chi connectivity index (χ2v) is 6.49. The number of nitrogens with one attached hydrogen (secondary N) is 1. The van der Waals surface area contributed by atoms with Crippen molar-refractivity contribution in [3.05, 3.63) is 29.3 Å². The number of hydrogen-bond acceptors (Lipinski definition) is 3. The molecule has 1 saturated heterocycles. The minimum absolute atomic E-state index is 0.0576. The van der Waals surface area contributed by atoms with Crippen molar-refractivity contribution in [3.63, 3.8) is 0 Å². The number of rotatable bonds is 3. The number of anilines is 1. The monoisotopic (exact) mass is 278 g/mol. The Hall–Kier alpha value is -1.16. The Kier molecular flexibility index (Phi) is 4.75. The summed E-state index contributed by atoms with van der Waals surface area (Å²) < 4.78 is 0. The van der Waals surface area contributed by atoms with E-state index in [0.717, 1.165) is 11.3 Å². The Balaban J connectivity index is 2.14. The molecule has 1 aromatic carbocycles. The SMILES string of the molecule is Cc1ccc(C(=O)N(C)C)cc1NC1CCSCC1. The molecule has 1 heterocycles. The van der Waals surface area contributed by atoms with Crippen LogP contribution in [0.2, 0.25) is 0 Å². The average Bonchev–Trinajstić information content (AvgIpc) is 2.41. The highest BCUT2D eigenvalue weighted by molar-refractivity contribution is 7.99. The first-order chi connectivity index (χ1) is 9.08. The maximum absolute atomic E-state index is 12.0. The third-order valence-corrected chi connectivity index (χ3v) is 4.52. The quantitative estimate of drug-likeness (QED) is 0.922. The highest BCUT2D eigenvalue weighted by Gasteiger charge is 2.15. The Bertz CT molecular complexity index is 453.